The molecule has 2 aromatic rings. The fraction of sp³-hybridized carbons (Fsp3) is 0.214. The van der Waals surface area contributed by atoms with Crippen molar-refractivity contribution in [3.8, 4) is 0 Å². The number of thioether (sulfide) groups is 1. The number of nitrogens with one attached hydrogen (secondary N) is 1. The van der Waals surface area contributed by atoms with Gasteiger partial charge in [-0.3, -0.25) is 10.1 Å². The van der Waals surface area contributed by atoms with Crippen LogP contribution in [-0.2, 0) is 6.42 Å². The van der Waals surface area contributed by atoms with E-state index in [4.69, 9.17) is 0 Å². The van der Waals surface area contributed by atoms with Gasteiger partial charge in [-0.25, -0.2) is 9.97 Å². The first-order chi connectivity index (χ1) is 9.33. The van der Waals surface area contributed by atoms with Crippen LogP contribution in [0.5, 0.6) is 0 Å². The Balaban J connectivity index is 1.80. The molecule has 0 spiro atoms. The number of benzene rings is 1. The number of carbonyl (C=O) groups is 1. The number of aryl methyl sites for hydroxylation is 1. The summed E-state index contributed by atoms with van der Waals surface area (Å²) in [5.41, 5.74) is 1.92. The van der Waals surface area contributed by atoms with Gasteiger partial charge in [0.1, 0.15) is 0 Å². The molecule has 1 N–H and O–H groups in total. The molecule has 5 heteroatoms. The number of hydrogen-bond acceptors (Lipinski definition) is 4. The van der Waals surface area contributed by atoms with Crippen LogP contribution in [0.4, 0.5) is 5.95 Å². The minimum Gasteiger partial charge on any atom is -0.290 e. The molecule has 2 heterocycles. The van der Waals surface area contributed by atoms with Crippen LogP contribution >= 0.6 is 11.8 Å². The van der Waals surface area contributed by atoms with Crippen LogP contribution in [-0.4, -0.2) is 21.6 Å². The smallest absolute Gasteiger partial charge is 0.258 e. The normalized spacial score (nSPS) is 13.7. The van der Waals surface area contributed by atoms with Crippen molar-refractivity contribution in [3.63, 3.8) is 0 Å². The van der Waals surface area contributed by atoms with Gasteiger partial charge in [-0.1, -0.05) is 0 Å². The lowest BCUT2D eigenvalue weighted by atomic mass is 10.1. The predicted octanol–water partition coefficient (Wildman–Crippen LogP) is 2.77. The Bertz CT molecular complexity index is 601. The Morgan fingerprint density at radius 3 is 2.95 bits per heavy atom. The summed E-state index contributed by atoms with van der Waals surface area (Å²) in [6, 6.07) is 7.57. The third kappa shape index (κ3) is 2.76. The molecule has 3 rings (SSSR count). The van der Waals surface area contributed by atoms with Crippen molar-refractivity contribution >= 4 is 23.6 Å². The quantitative estimate of drug-likeness (QED) is 0.912. The van der Waals surface area contributed by atoms with Gasteiger partial charge in [0.2, 0.25) is 5.95 Å². The second-order valence-electron chi connectivity index (χ2n) is 4.30. The van der Waals surface area contributed by atoms with E-state index in [1.807, 2.05) is 30.0 Å². The maximum absolute atomic E-state index is 12.1. The summed E-state index contributed by atoms with van der Waals surface area (Å²) >= 11 is 1.86. The molecule has 0 saturated heterocycles. The molecule has 4 nitrogen and oxygen atoms in total. The summed E-state index contributed by atoms with van der Waals surface area (Å²) in [6.45, 7) is 0. The van der Waals surface area contributed by atoms with Crippen LogP contribution in [0.1, 0.15) is 22.3 Å². The van der Waals surface area contributed by atoms with E-state index in [1.165, 1.54) is 16.9 Å². The van der Waals surface area contributed by atoms with Gasteiger partial charge >= 0.3 is 0 Å². The molecule has 1 aromatic carbocycles. The van der Waals surface area contributed by atoms with Crippen LogP contribution in [0.3, 0.4) is 0 Å². The van der Waals surface area contributed by atoms with Crippen molar-refractivity contribution < 1.29 is 4.79 Å². The molecular formula is C14H13N3OS. The lowest BCUT2D eigenvalue weighted by Crippen LogP contribution is -2.14. The van der Waals surface area contributed by atoms with E-state index in [-0.39, 0.29) is 5.91 Å². The molecule has 1 amide bonds. The summed E-state index contributed by atoms with van der Waals surface area (Å²) in [7, 11) is 0. The molecule has 0 unspecified atom stereocenters. The molecule has 1 aliphatic rings. The SMILES string of the molecule is O=C(Nc1ncccn1)c1ccc2c(c1)CCCS2. The minimum atomic E-state index is -0.162. The lowest BCUT2D eigenvalue weighted by Gasteiger charge is -2.15. The van der Waals surface area contributed by atoms with Gasteiger partial charge in [0.25, 0.3) is 5.91 Å². The molecule has 0 fully saturated rings. The van der Waals surface area contributed by atoms with Crippen molar-refractivity contribution in [2.45, 2.75) is 17.7 Å². The molecule has 1 aliphatic heterocycles. The Hall–Kier alpha value is -1.88. The van der Waals surface area contributed by atoms with E-state index >= 15 is 0 Å². The molecule has 0 radical (unpaired) electrons. The average molecular weight is 271 g/mol. The van der Waals surface area contributed by atoms with E-state index in [0.29, 0.717) is 11.5 Å². The first-order valence-corrected chi connectivity index (χ1v) is 7.15. The van der Waals surface area contributed by atoms with Crippen LogP contribution in [0.15, 0.2) is 41.6 Å². The summed E-state index contributed by atoms with van der Waals surface area (Å²) in [5.74, 6) is 1.33. The molecule has 19 heavy (non-hydrogen) atoms. The molecule has 0 atom stereocenters. The number of hydrogen-bond donors (Lipinski definition) is 1. The van der Waals surface area contributed by atoms with Crippen molar-refractivity contribution in [3.05, 3.63) is 47.8 Å². The Morgan fingerprint density at radius 2 is 2.11 bits per heavy atom. The number of fused-ring (bicyclic) bond motifs is 1. The van der Waals surface area contributed by atoms with Crippen LogP contribution in [0.25, 0.3) is 0 Å². The standard InChI is InChI=1S/C14H13N3OS/c18-13(17-14-15-6-2-7-16-14)11-4-5-12-10(9-11)3-1-8-19-12/h2,4-7,9H,1,3,8H2,(H,15,16,17,18). The molecule has 0 bridgehead atoms. The van der Waals surface area contributed by atoms with Gasteiger partial charge in [-0.2, -0.15) is 0 Å². The van der Waals surface area contributed by atoms with Gasteiger partial charge in [0.15, 0.2) is 0 Å². The zero-order valence-electron chi connectivity index (χ0n) is 10.3. The van der Waals surface area contributed by atoms with Crippen molar-refractivity contribution in [1.29, 1.82) is 0 Å². The fourth-order valence-electron chi connectivity index (χ4n) is 2.04. The largest absolute Gasteiger partial charge is 0.290 e. The van der Waals surface area contributed by atoms with E-state index in [9.17, 15) is 4.79 Å². The van der Waals surface area contributed by atoms with Crippen molar-refractivity contribution in [2.75, 3.05) is 11.1 Å². The molecule has 1 aromatic heterocycles. The molecule has 96 valence electrons. The summed E-state index contributed by atoms with van der Waals surface area (Å²) in [6.07, 6.45) is 5.42. The van der Waals surface area contributed by atoms with Crippen molar-refractivity contribution in [1.82, 2.24) is 9.97 Å². The number of aromatic nitrogens is 2. The summed E-state index contributed by atoms with van der Waals surface area (Å²) < 4.78 is 0. The molecule has 0 saturated carbocycles. The van der Waals surface area contributed by atoms with Gasteiger partial charge < -0.3 is 0 Å². The predicted molar refractivity (Wildman–Crippen MR) is 75.5 cm³/mol. The van der Waals surface area contributed by atoms with Gasteiger partial charge in [0.05, 0.1) is 0 Å². The maximum atomic E-state index is 12.1. The highest BCUT2D eigenvalue weighted by Gasteiger charge is 2.13. The fourth-order valence-corrected chi connectivity index (χ4v) is 3.06. The van der Waals surface area contributed by atoms with Gasteiger partial charge in [-0.05, 0) is 48.4 Å². The second-order valence-corrected chi connectivity index (χ2v) is 5.44. The van der Waals surface area contributed by atoms with E-state index in [2.05, 4.69) is 15.3 Å². The zero-order chi connectivity index (χ0) is 13.1. The van der Waals surface area contributed by atoms with E-state index in [0.717, 1.165) is 12.2 Å². The first-order valence-electron chi connectivity index (χ1n) is 6.17. The number of carbonyl (C=O) groups excluding carboxylic acids is 1. The monoisotopic (exact) mass is 271 g/mol. The zero-order valence-corrected chi connectivity index (χ0v) is 11.1. The average Bonchev–Trinajstić information content (AvgIpc) is 2.48. The van der Waals surface area contributed by atoms with Crippen LogP contribution in [0, 0.1) is 0 Å². The first kappa shape index (κ1) is 12.2. The molecular weight excluding hydrogens is 258 g/mol. The second kappa shape index (κ2) is 5.40. The highest BCUT2D eigenvalue weighted by atomic mass is 32.2. The van der Waals surface area contributed by atoms with Gasteiger partial charge in [-0.15, -0.1) is 11.8 Å². The number of amides is 1. The minimum absolute atomic E-state index is 0.162. The number of nitrogens with zero attached hydrogens (tertiary/aromatic N) is 2. The highest BCUT2D eigenvalue weighted by Crippen LogP contribution is 2.30. The highest BCUT2D eigenvalue weighted by molar-refractivity contribution is 7.99. The number of rotatable bonds is 2. The summed E-state index contributed by atoms with van der Waals surface area (Å²) in [5, 5.41) is 2.70. The van der Waals surface area contributed by atoms with Crippen molar-refractivity contribution in [2.24, 2.45) is 0 Å². The third-order valence-corrected chi connectivity index (χ3v) is 4.16. The van der Waals surface area contributed by atoms with E-state index < -0.39 is 0 Å². The van der Waals surface area contributed by atoms with Gasteiger partial charge in [0, 0.05) is 22.9 Å². The summed E-state index contributed by atoms with van der Waals surface area (Å²) in [4.78, 5) is 21.4. The van der Waals surface area contributed by atoms with Crippen LogP contribution in [0.2, 0.25) is 0 Å². The third-order valence-electron chi connectivity index (χ3n) is 2.96. The Kier molecular flexibility index (Phi) is 3.46. The van der Waals surface area contributed by atoms with E-state index in [1.54, 1.807) is 18.5 Å². The lowest BCUT2D eigenvalue weighted by molar-refractivity contribution is 0.102. The topological polar surface area (TPSA) is 54.9 Å². The Labute approximate surface area is 115 Å². The maximum Gasteiger partial charge on any atom is 0.258 e. The van der Waals surface area contributed by atoms with Crippen LogP contribution < -0.4 is 5.32 Å². The Morgan fingerprint density at radius 1 is 1.26 bits per heavy atom. The number of anilines is 1. The molecule has 0 aliphatic carbocycles.